The molecule has 2 unspecified atom stereocenters. The monoisotopic (exact) mass is 309 g/mol. The molecule has 0 saturated heterocycles. The van der Waals surface area contributed by atoms with E-state index in [1.807, 2.05) is 32.0 Å². The summed E-state index contributed by atoms with van der Waals surface area (Å²) in [4.78, 5) is 23.7. The standard InChI is InChI=1S/C16H20ClNO3/c1-9-7-12(13(8-9)16(20)21)15(19)18-10(2)11-5-3-4-6-14(11)17/h3-6,9-10,12-13H,7-8H2,1-2H3,(H,18,19)(H,20,21)/t9?,10?,12-,13+/m0/s1. The highest BCUT2D eigenvalue weighted by Gasteiger charge is 2.41. The maximum absolute atomic E-state index is 12.4. The smallest absolute Gasteiger partial charge is 0.307 e. The quantitative estimate of drug-likeness (QED) is 0.897. The van der Waals surface area contributed by atoms with E-state index in [1.165, 1.54) is 0 Å². The van der Waals surface area contributed by atoms with Gasteiger partial charge in [0.15, 0.2) is 0 Å². The summed E-state index contributed by atoms with van der Waals surface area (Å²) in [6.45, 7) is 3.84. The number of carbonyl (C=O) groups is 2. The first-order valence-corrected chi connectivity index (χ1v) is 7.55. The van der Waals surface area contributed by atoms with Crippen LogP contribution < -0.4 is 5.32 Å². The number of rotatable bonds is 4. The third kappa shape index (κ3) is 3.56. The average molecular weight is 310 g/mol. The Morgan fingerprint density at radius 1 is 1.29 bits per heavy atom. The third-order valence-corrected chi connectivity index (χ3v) is 4.53. The van der Waals surface area contributed by atoms with Crippen molar-refractivity contribution >= 4 is 23.5 Å². The van der Waals surface area contributed by atoms with Gasteiger partial charge in [-0.1, -0.05) is 36.7 Å². The molecule has 1 aliphatic rings. The summed E-state index contributed by atoms with van der Waals surface area (Å²) < 4.78 is 0. The van der Waals surface area contributed by atoms with Gasteiger partial charge in [-0.25, -0.2) is 0 Å². The highest BCUT2D eigenvalue weighted by Crippen LogP contribution is 2.37. The molecule has 2 N–H and O–H groups in total. The van der Waals surface area contributed by atoms with Crippen molar-refractivity contribution in [2.75, 3.05) is 0 Å². The van der Waals surface area contributed by atoms with Crippen molar-refractivity contribution in [1.82, 2.24) is 5.32 Å². The Kier molecular flexibility index (Phi) is 4.88. The van der Waals surface area contributed by atoms with E-state index in [-0.39, 0.29) is 17.9 Å². The number of hydrogen-bond acceptors (Lipinski definition) is 2. The number of aliphatic carboxylic acids is 1. The molecular formula is C16H20ClNO3. The van der Waals surface area contributed by atoms with Gasteiger partial charge in [0, 0.05) is 5.02 Å². The van der Waals surface area contributed by atoms with Crippen molar-refractivity contribution in [3.05, 3.63) is 34.9 Å². The van der Waals surface area contributed by atoms with E-state index in [1.54, 1.807) is 6.07 Å². The largest absolute Gasteiger partial charge is 0.481 e. The molecule has 0 bridgehead atoms. The minimum Gasteiger partial charge on any atom is -0.481 e. The van der Waals surface area contributed by atoms with Crippen molar-refractivity contribution in [2.24, 2.45) is 17.8 Å². The summed E-state index contributed by atoms with van der Waals surface area (Å²) in [5.41, 5.74) is 0.838. The van der Waals surface area contributed by atoms with Crippen LogP contribution in [0.25, 0.3) is 0 Å². The van der Waals surface area contributed by atoms with E-state index in [0.29, 0.717) is 17.9 Å². The molecule has 21 heavy (non-hydrogen) atoms. The SMILES string of the molecule is CC1C[C@H](C(=O)NC(C)c2ccccc2Cl)[C@H](C(=O)O)C1. The fraction of sp³-hybridized carbons (Fsp3) is 0.500. The zero-order valence-corrected chi connectivity index (χ0v) is 12.9. The maximum Gasteiger partial charge on any atom is 0.307 e. The van der Waals surface area contributed by atoms with E-state index in [4.69, 9.17) is 11.6 Å². The Balaban J connectivity index is 2.07. The van der Waals surface area contributed by atoms with Gasteiger partial charge in [0.2, 0.25) is 5.91 Å². The van der Waals surface area contributed by atoms with Crippen LogP contribution in [0.3, 0.4) is 0 Å². The van der Waals surface area contributed by atoms with Crippen molar-refractivity contribution in [3.8, 4) is 0 Å². The van der Waals surface area contributed by atoms with Crippen LogP contribution in [0.1, 0.15) is 38.3 Å². The van der Waals surface area contributed by atoms with Gasteiger partial charge in [-0.3, -0.25) is 9.59 Å². The summed E-state index contributed by atoms with van der Waals surface area (Å²) in [5, 5.41) is 12.7. The molecule has 2 rings (SSSR count). The number of benzene rings is 1. The lowest BCUT2D eigenvalue weighted by Gasteiger charge is -2.20. The molecule has 0 radical (unpaired) electrons. The molecule has 1 amide bonds. The van der Waals surface area contributed by atoms with Gasteiger partial charge < -0.3 is 10.4 Å². The van der Waals surface area contributed by atoms with Gasteiger partial charge in [0.05, 0.1) is 17.9 Å². The molecule has 4 atom stereocenters. The van der Waals surface area contributed by atoms with Crippen molar-refractivity contribution in [2.45, 2.75) is 32.7 Å². The molecule has 0 spiro atoms. The maximum atomic E-state index is 12.4. The number of halogens is 1. The van der Waals surface area contributed by atoms with Crippen LogP contribution in [0.15, 0.2) is 24.3 Å². The molecule has 1 aromatic carbocycles. The lowest BCUT2D eigenvalue weighted by Crippen LogP contribution is -2.36. The van der Waals surface area contributed by atoms with E-state index >= 15 is 0 Å². The van der Waals surface area contributed by atoms with Crippen LogP contribution in [-0.4, -0.2) is 17.0 Å². The molecular weight excluding hydrogens is 290 g/mol. The lowest BCUT2D eigenvalue weighted by atomic mass is 9.94. The first kappa shape index (κ1) is 15.8. The number of carboxylic acid groups (broad SMARTS) is 1. The van der Waals surface area contributed by atoms with E-state index in [0.717, 1.165) is 5.56 Å². The second-order valence-corrected chi connectivity index (χ2v) is 6.29. The average Bonchev–Trinajstić information content (AvgIpc) is 2.81. The lowest BCUT2D eigenvalue weighted by molar-refractivity contribution is -0.146. The first-order valence-electron chi connectivity index (χ1n) is 7.17. The summed E-state index contributed by atoms with van der Waals surface area (Å²) in [6.07, 6.45) is 1.19. The summed E-state index contributed by atoms with van der Waals surface area (Å²) in [5.74, 6) is -1.86. The Hall–Kier alpha value is -1.55. The van der Waals surface area contributed by atoms with Gasteiger partial charge in [-0.15, -0.1) is 0 Å². The van der Waals surface area contributed by atoms with Crippen LogP contribution in [0, 0.1) is 17.8 Å². The van der Waals surface area contributed by atoms with Crippen molar-refractivity contribution in [1.29, 1.82) is 0 Å². The molecule has 1 aliphatic carbocycles. The fourth-order valence-corrected chi connectivity index (χ4v) is 3.38. The van der Waals surface area contributed by atoms with E-state index < -0.39 is 17.8 Å². The Bertz CT molecular complexity index is 546. The van der Waals surface area contributed by atoms with Crippen molar-refractivity contribution in [3.63, 3.8) is 0 Å². The molecule has 5 heteroatoms. The second-order valence-electron chi connectivity index (χ2n) is 5.88. The van der Waals surface area contributed by atoms with Gasteiger partial charge in [0.1, 0.15) is 0 Å². The van der Waals surface area contributed by atoms with Gasteiger partial charge >= 0.3 is 5.97 Å². The second kappa shape index (κ2) is 6.48. The minimum absolute atomic E-state index is 0.195. The summed E-state index contributed by atoms with van der Waals surface area (Å²) in [6, 6.07) is 7.09. The zero-order valence-electron chi connectivity index (χ0n) is 12.2. The highest BCUT2D eigenvalue weighted by atomic mass is 35.5. The highest BCUT2D eigenvalue weighted by molar-refractivity contribution is 6.31. The van der Waals surface area contributed by atoms with Gasteiger partial charge in [-0.2, -0.15) is 0 Å². The van der Waals surface area contributed by atoms with Crippen LogP contribution in [0.2, 0.25) is 5.02 Å². The number of carbonyl (C=O) groups excluding carboxylic acids is 1. The number of hydrogen-bond donors (Lipinski definition) is 2. The molecule has 0 heterocycles. The predicted molar refractivity (Wildman–Crippen MR) is 81.0 cm³/mol. The Morgan fingerprint density at radius 3 is 2.52 bits per heavy atom. The Morgan fingerprint density at radius 2 is 1.90 bits per heavy atom. The number of nitrogens with one attached hydrogen (secondary N) is 1. The molecule has 114 valence electrons. The van der Waals surface area contributed by atoms with Crippen molar-refractivity contribution < 1.29 is 14.7 Å². The van der Waals surface area contributed by atoms with E-state index in [2.05, 4.69) is 5.32 Å². The van der Waals surface area contributed by atoms with Gasteiger partial charge in [0.25, 0.3) is 0 Å². The van der Waals surface area contributed by atoms with Gasteiger partial charge in [-0.05, 0) is 37.3 Å². The number of amides is 1. The van der Waals surface area contributed by atoms with Crippen LogP contribution in [-0.2, 0) is 9.59 Å². The van der Waals surface area contributed by atoms with E-state index in [9.17, 15) is 14.7 Å². The normalized spacial score (nSPS) is 26.3. The van der Waals surface area contributed by atoms with Crippen LogP contribution >= 0.6 is 11.6 Å². The topological polar surface area (TPSA) is 66.4 Å². The first-order chi connectivity index (χ1) is 9.90. The predicted octanol–water partition coefficient (Wildman–Crippen LogP) is 3.26. The minimum atomic E-state index is -0.884. The molecule has 1 fully saturated rings. The molecule has 1 aromatic rings. The molecule has 0 aliphatic heterocycles. The zero-order chi connectivity index (χ0) is 15.6. The fourth-order valence-electron chi connectivity index (χ4n) is 3.08. The van der Waals surface area contributed by atoms with Crippen LogP contribution in [0.5, 0.6) is 0 Å². The molecule has 0 aromatic heterocycles. The van der Waals surface area contributed by atoms with Crippen LogP contribution in [0.4, 0.5) is 0 Å². The number of carboxylic acids is 1. The summed E-state index contributed by atoms with van der Waals surface area (Å²) >= 11 is 6.12. The Labute approximate surface area is 129 Å². The third-order valence-electron chi connectivity index (χ3n) is 4.18. The molecule has 1 saturated carbocycles. The summed E-state index contributed by atoms with van der Waals surface area (Å²) in [7, 11) is 0. The molecule has 4 nitrogen and oxygen atoms in total.